The van der Waals surface area contributed by atoms with Gasteiger partial charge in [0.1, 0.15) is 0 Å². The monoisotopic (exact) mass is 378 g/mol. The highest BCUT2D eigenvalue weighted by Gasteiger charge is 2.13. The minimum absolute atomic E-state index is 0.376. The fraction of sp³-hybridized carbons (Fsp3) is 0.429. The van der Waals surface area contributed by atoms with E-state index in [1.807, 2.05) is 12.1 Å². The molecule has 0 radical (unpaired) electrons. The van der Waals surface area contributed by atoms with E-state index in [1.165, 1.54) is 16.7 Å². The van der Waals surface area contributed by atoms with Crippen molar-refractivity contribution in [2.24, 2.45) is 0 Å². The van der Waals surface area contributed by atoms with E-state index in [4.69, 9.17) is 0 Å². The van der Waals surface area contributed by atoms with E-state index in [-0.39, 0.29) is 0 Å². The van der Waals surface area contributed by atoms with Crippen molar-refractivity contribution >= 4 is 19.7 Å². The van der Waals surface area contributed by atoms with Gasteiger partial charge in [0, 0.05) is 5.75 Å². The molecule has 0 aliphatic rings. The van der Waals surface area contributed by atoms with Crippen molar-refractivity contribution in [2.75, 3.05) is 5.75 Å². The van der Waals surface area contributed by atoms with Crippen LogP contribution < -0.4 is 0 Å². The van der Waals surface area contributed by atoms with E-state index in [2.05, 4.69) is 39.8 Å². The van der Waals surface area contributed by atoms with Gasteiger partial charge in [-0.3, -0.25) is 0 Å². The highest BCUT2D eigenvalue weighted by Crippen LogP contribution is 2.23. The maximum atomic E-state index is 12.2. The fourth-order valence-electron chi connectivity index (χ4n) is 2.26. The van der Waals surface area contributed by atoms with Gasteiger partial charge in [-0.2, -0.15) is 0 Å². The third-order valence-electron chi connectivity index (χ3n) is 3.81. The quantitative estimate of drug-likeness (QED) is 0.343. The van der Waals surface area contributed by atoms with Gasteiger partial charge in [-0.1, -0.05) is 53.1 Å². The first kappa shape index (κ1) is 21.8. The summed E-state index contributed by atoms with van der Waals surface area (Å²) in [6, 6.07) is 8.61. The van der Waals surface area contributed by atoms with Crippen LogP contribution >= 0.6 is 10.8 Å². The number of hydrogen-bond acceptors (Lipinski definition) is 3. The molecule has 0 fully saturated rings. The van der Waals surface area contributed by atoms with Crippen LogP contribution in [0.15, 0.2) is 70.2 Å². The lowest BCUT2D eigenvalue weighted by Gasteiger charge is -2.03. The van der Waals surface area contributed by atoms with E-state index in [0.29, 0.717) is 10.6 Å². The predicted molar refractivity (Wildman–Crippen MR) is 111 cm³/mol. The Bertz CT molecular complexity index is 708. The van der Waals surface area contributed by atoms with Crippen molar-refractivity contribution in [3.63, 3.8) is 0 Å². The van der Waals surface area contributed by atoms with Gasteiger partial charge in [0.05, 0.1) is 4.90 Å². The molecule has 1 aromatic rings. The first-order chi connectivity index (χ1) is 11.8. The number of allylic oxidation sites excluding steroid dienone is 5. The van der Waals surface area contributed by atoms with Crippen LogP contribution in [0.1, 0.15) is 53.4 Å². The average Bonchev–Trinajstić information content (AvgIpc) is 2.55. The number of rotatable bonds is 10. The Labute approximate surface area is 157 Å². The topological polar surface area (TPSA) is 34.1 Å². The molecule has 0 bridgehead atoms. The van der Waals surface area contributed by atoms with Crippen LogP contribution in [0.25, 0.3) is 0 Å². The molecule has 0 aliphatic heterocycles. The Kier molecular flexibility index (Phi) is 9.91. The molecular formula is C21H30O2S2. The summed E-state index contributed by atoms with van der Waals surface area (Å²) in [5.74, 6) is 0.492. The summed E-state index contributed by atoms with van der Waals surface area (Å²) in [5.41, 5.74) is 4.03. The van der Waals surface area contributed by atoms with E-state index in [0.717, 1.165) is 36.5 Å². The normalized spacial score (nSPS) is 13.0. The largest absolute Gasteiger partial charge is 0.230 e. The number of benzene rings is 1. The Morgan fingerprint density at radius 1 is 0.880 bits per heavy atom. The van der Waals surface area contributed by atoms with Gasteiger partial charge in [0.25, 0.3) is 0 Å². The summed E-state index contributed by atoms with van der Waals surface area (Å²) in [6.45, 7) is 8.51. The lowest BCUT2D eigenvalue weighted by Crippen LogP contribution is -1.95. The summed E-state index contributed by atoms with van der Waals surface area (Å²) in [5, 5.41) is 0. The van der Waals surface area contributed by atoms with Crippen molar-refractivity contribution in [3.05, 3.63) is 65.3 Å². The average molecular weight is 379 g/mol. The van der Waals surface area contributed by atoms with Gasteiger partial charge in [-0.05, 0) is 76.3 Å². The highest BCUT2D eigenvalue weighted by atomic mass is 33.1. The molecule has 138 valence electrons. The van der Waals surface area contributed by atoms with Crippen molar-refractivity contribution in [2.45, 2.75) is 58.3 Å². The third-order valence-corrected chi connectivity index (χ3v) is 7.19. The molecule has 0 unspecified atom stereocenters. The maximum Gasteiger partial charge on any atom is 0.230 e. The van der Waals surface area contributed by atoms with Gasteiger partial charge in [0.2, 0.25) is 8.87 Å². The van der Waals surface area contributed by atoms with Gasteiger partial charge < -0.3 is 0 Å². The van der Waals surface area contributed by atoms with Gasteiger partial charge in [-0.15, -0.1) is 0 Å². The molecule has 0 aliphatic carbocycles. The molecule has 0 N–H and O–H groups in total. The zero-order valence-corrected chi connectivity index (χ0v) is 17.4. The second-order valence-electron chi connectivity index (χ2n) is 6.51. The van der Waals surface area contributed by atoms with Gasteiger partial charge in [0.15, 0.2) is 0 Å². The van der Waals surface area contributed by atoms with E-state index < -0.39 is 8.87 Å². The minimum Gasteiger partial charge on any atom is -0.212 e. The second kappa shape index (κ2) is 11.4. The zero-order chi connectivity index (χ0) is 18.7. The molecule has 0 atom stereocenters. The molecule has 2 nitrogen and oxygen atoms in total. The van der Waals surface area contributed by atoms with Crippen molar-refractivity contribution in [3.8, 4) is 0 Å². The molecule has 0 saturated heterocycles. The zero-order valence-electron chi connectivity index (χ0n) is 15.8. The predicted octanol–water partition coefficient (Wildman–Crippen LogP) is 6.53. The van der Waals surface area contributed by atoms with E-state index >= 15 is 0 Å². The van der Waals surface area contributed by atoms with Crippen LogP contribution in [0.4, 0.5) is 0 Å². The first-order valence-electron chi connectivity index (χ1n) is 8.70. The van der Waals surface area contributed by atoms with Crippen molar-refractivity contribution in [1.82, 2.24) is 0 Å². The summed E-state index contributed by atoms with van der Waals surface area (Å²) >= 11 is 0. The molecule has 0 saturated carbocycles. The molecule has 0 amide bonds. The molecule has 0 heterocycles. The molecule has 0 spiro atoms. The smallest absolute Gasteiger partial charge is 0.212 e. The van der Waals surface area contributed by atoms with Crippen LogP contribution in [-0.2, 0) is 8.87 Å². The van der Waals surface area contributed by atoms with Crippen LogP contribution in [-0.4, -0.2) is 14.2 Å². The Hall–Kier alpha value is -1.26. The minimum atomic E-state index is -3.25. The number of hydrogen-bond donors (Lipinski definition) is 0. The van der Waals surface area contributed by atoms with Crippen molar-refractivity contribution < 1.29 is 8.42 Å². The van der Waals surface area contributed by atoms with E-state index in [1.54, 1.807) is 24.3 Å². The van der Waals surface area contributed by atoms with Crippen LogP contribution in [0.2, 0.25) is 0 Å². The second-order valence-corrected chi connectivity index (χ2v) is 10.5. The van der Waals surface area contributed by atoms with Crippen LogP contribution in [0.5, 0.6) is 0 Å². The first-order valence-corrected chi connectivity index (χ1v) is 11.7. The highest BCUT2D eigenvalue weighted by molar-refractivity contribution is 8.72. The molecule has 1 aromatic carbocycles. The molecular weight excluding hydrogens is 348 g/mol. The summed E-state index contributed by atoms with van der Waals surface area (Å²) in [7, 11) is -2.26. The lowest BCUT2D eigenvalue weighted by molar-refractivity contribution is 0.610. The fourth-order valence-corrected chi connectivity index (χ4v) is 4.90. The molecule has 25 heavy (non-hydrogen) atoms. The maximum absolute atomic E-state index is 12.2. The standard InChI is InChI=1S/C21H30O2S2/c1-18(2)10-8-11-19(3)12-9-13-20(4)16-17-24-25(22,23)21-14-6-5-7-15-21/h5-7,10,12,14-16H,8-9,11,13,17H2,1-4H3. The van der Waals surface area contributed by atoms with Crippen LogP contribution in [0.3, 0.4) is 0 Å². The lowest BCUT2D eigenvalue weighted by atomic mass is 10.1. The van der Waals surface area contributed by atoms with Crippen LogP contribution in [0, 0.1) is 0 Å². The van der Waals surface area contributed by atoms with E-state index in [9.17, 15) is 8.42 Å². The molecule has 0 aromatic heterocycles. The Morgan fingerprint density at radius 2 is 1.44 bits per heavy atom. The molecule has 4 heteroatoms. The van der Waals surface area contributed by atoms with Gasteiger partial charge in [-0.25, -0.2) is 8.42 Å². The van der Waals surface area contributed by atoms with Gasteiger partial charge >= 0.3 is 0 Å². The third kappa shape index (κ3) is 9.71. The Morgan fingerprint density at radius 3 is 2.04 bits per heavy atom. The summed E-state index contributed by atoms with van der Waals surface area (Å²) < 4.78 is 24.4. The Balaban J connectivity index is 2.38. The SMILES string of the molecule is CC(C)=CCCC(C)=CCCC(C)=CCSS(=O)(=O)c1ccccc1. The molecule has 1 rings (SSSR count). The van der Waals surface area contributed by atoms with Crippen molar-refractivity contribution in [1.29, 1.82) is 0 Å². The summed E-state index contributed by atoms with van der Waals surface area (Å²) in [6.07, 6.45) is 10.8. The summed E-state index contributed by atoms with van der Waals surface area (Å²) in [4.78, 5) is 0.376.